The van der Waals surface area contributed by atoms with Gasteiger partial charge in [0.1, 0.15) is 0 Å². The molecule has 0 spiro atoms. The van der Waals surface area contributed by atoms with E-state index >= 15 is 0 Å². The summed E-state index contributed by atoms with van der Waals surface area (Å²) in [7, 11) is 0. The number of piperidine rings is 1. The van der Waals surface area contributed by atoms with E-state index in [1.165, 1.54) is 11.1 Å². The Kier molecular flexibility index (Phi) is 5.34. The third-order valence-corrected chi connectivity index (χ3v) is 5.13. The summed E-state index contributed by atoms with van der Waals surface area (Å²) in [6, 6.07) is 10.8. The monoisotopic (exact) mass is 365 g/mol. The van der Waals surface area contributed by atoms with Gasteiger partial charge in [0.2, 0.25) is 5.89 Å². The lowest BCUT2D eigenvalue weighted by Gasteiger charge is -2.31. The zero-order chi connectivity index (χ0) is 18.6. The van der Waals surface area contributed by atoms with Crippen molar-refractivity contribution in [2.75, 3.05) is 13.1 Å². The number of rotatable bonds is 6. The van der Waals surface area contributed by atoms with E-state index in [1.807, 2.05) is 23.1 Å². The lowest BCUT2D eigenvalue weighted by atomic mass is 9.97. The Labute approximate surface area is 160 Å². The van der Waals surface area contributed by atoms with Crippen LogP contribution in [0.3, 0.4) is 0 Å². The molecule has 1 saturated heterocycles. The SMILES string of the molecule is CC(C)c1noc([C@@H]2CCCN(Cc3cccc(Cn4cccn4)c3)C2)n1. The van der Waals surface area contributed by atoms with Gasteiger partial charge >= 0.3 is 0 Å². The average Bonchev–Trinajstić information content (AvgIpc) is 3.34. The fraction of sp³-hybridized carbons (Fsp3) is 0.476. The highest BCUT2D eigenvalue weighted by Gasteiger charge is 2.26. The fourth-order valence-electron chi connectivity index (χ4n) is 3.71. The summed E-state index contributed by atoms with van der Waals surface area (Å²) in [5.74, 6) is 2.26. The number of nitrogens with zero attached hydrogens (tertiary/aromatic N) is 5. The maximum Gasteiger partial charge on any atom is 0.231 e. The van der Waals surface area contributed by atoms with Gasteiger partial charge in [-0.1, -0.05) is 43.3 Å². The molecule has 1 aliphatic rings. The summed E-state index contributed by atoms with van der Waals surface area (Å²) < 4.78 is 7.50. The Hall–Kier alpha value is -2.47. The van der Waals surface area contributed by atoms with Crippen LogP contribution in [0.4, 0.5) is 0 Å². The van der Waals surface area contributed by atoms with Crippen LogP contribution in [0, 0.1) is 0 Å². The minimum absolute atomic E-state index is 0.305. The van der Waals surface area contributed by atoms with E-state index in [2.05, 4.69) is 58.3 Å². The van der Waals surface area contributed by atoms with Crippen molar-refractivity contribution in [3.8, 4) is 0 Å². The van der Waals surface area contributed by atoms with Crippen LogP contribution in [0.1, 0.15) is 61.4 Å². The van der Waals surface area contributed by atoms with Gasteiger partial charge in [0, 0.05) is 31.4 Å². The zero-order valence-electron chi connectivity index (χ0n) is 16.1. The number of aromatic nitrogens is 4. The van der Waals surface area contributed by atoms with E-state index in [9.17, 15) is 0 Å². The third-order valence-electron chi connectivity index (χ3n) is 5.13. The Balaban J connectivity index is 1.40. The van der Waals surface area contributed by atoms with Crippen molar-refractivity contribution in [1.82, 2.24) is 24.8 Å². The first kappa shape index (κ1) is 17.9. The lowest BCUT2D eigenvalue weighted by Crippen LogP contribution is -2.34. The molecule has 6 nitrogen and oxygen atoms in total. The maximum atomic E-state index is 5.54. The molecule has 3 aromatic rings. The molecule has 0 bridgehead atoms. The largest absolute Gasteiger partial charge is 0.339 e. The van der Waals surface area contributed by atoms with Crippen LogP contribution in [0.5, 0.6) is 0 Å². The van der Waals surface area contributed by atoms with Crippen molar-refractivity contribution in [2.24, 2.45) is 0 Å². The van der Waals surface area contributed by atoms with Gasteiger partial charge in [0.05, 0.1) is 12.5 Å². The van der Waals surface area contributed by atoms with Crippen LogP contribution in [0.15, 0.2) is 47.2 Å². The van der Waals surface area contributed by atoms with E-state index in [1.54, 1.807) is 0 Å². The molecule has 27 heavy (non-hydrogen) atoms. The van der Waals surface area contributed by atoms with Gasteiger partial charge in [-0.3, -0.25) is 9.58 Å². The maximum absolute atomic E-state index is 5.54. The Morgan fingerprint density at radius 2 is 2.04 bits per heavy atom. The van der Waals surface area contributed by atoms with E-state index in [0.29, 0.717) is 11.8 Å². The second-order valence-electron chi connectivity index (χ2n) is 7.74. The Morgan fingerprint density at radius 3 is 2.78 bits per heavy atom. The first-order valence-electron chi connectivity index (χ1n) is 9.78. The smallest absolute Gasteiger partial charge is 0.231 e. The van der Waals surface area contributed by atoms with Gasteiger partial charge in [0.15, 0.2) is 5.82 Å². The lowest BCUT2D eigenvalue weighted by molar-refractivity contribution is 0.180. The minimum Gasteiger partial charge on any atom is -0.339 e. The van der Waals surface area contributed by atoms with E-state index in [4.69, 9.17) is 4.52 Å². The van der Waals surface area contributed by atoms with Crippen molar-refractivity contribution in [1.29, 1.82) is 0 Å². The van der Waals surface area contributed by atoms with Crippen LogP contribution in [0.2, 0.25) is 0 Å². The minimum atomic E-state index is 0.305. The highest BCUT2D eigenvalue weighted by Crippen LogP contribution is 2.27. The second kappa shape index (κ2) is 8.05. The normalized spacial score (nSPS) is 18.3. The van der Waals surface area contributed by atoms with Gasteiger partial charge in [-0.25, -0.2) is 0 Å². The van der Waals surface area contributed by atoms with Crippen molar-refractivity contribution >= 4 is 0 Å². The fourth-order valence-corrected chi connectivity index (χ4v) is 3.71. The van der Waals surface area contributed by atoms with Crippen LogP contribution in [-0.2, 0) is 13.1 Å². The molecule has 3 heterocycles. The highest BCUT2D eigenvalue weighted by molar-refractivity contribution is 5.23. The molecular weight excluding hydrogens is 338 g/mol. The summed E-state index contributed by atoms with van der Waals surface area (Å²) in [5.41, 5.74) is 2.62. The predicted molar refractivity (Wildman–Crippen MR) is 103 cm³/mol. The highest BCUT2D eigenvalue weighted by atomic mass is 16.5. The molecule has 1 fully saturated rings. The van der Waals surface area contributed by atoms with Crippen molar-refractivity contribution in [3.63, 3.8) is 0 Å². The van der Waals surface area contributed by atoms with Crippen LogP contribution < -0.4 is 0 Å². The summed E-state index contributed by atoms with van der Waals surface area (Å²) >= 11 is 0. The summed E-state index contributed by atoms with van der Waals surface area (Å²) in [5, 5.41) is 8.43. The number of hydrogen-bond donors (Lipinski definition) is 0. The van der Waals surface area contributed by atoms with Crippen LogP contribution >= 0.6 is 0 Å². The quantitative estimate of drug-likeness (QED) is 0.665. The third kappa shape index (κ3) is 4.45. The molecular formula is C21H27N5O. The number of benzene rings is 1. The molecule has 0 radical (unpaired) electrons. The molecule has 4 rings (SSSR count). The van der Waals surface area contributed by atoms with Gasteiger partial charge in [-0.05, 0) is 36.6 Å². The van der Waals surface area contributed by atoms with Gasteiger partial charge in [-0.2, -0.15) is 10.1 Å². The molecule has 142 valence electrons. The first-order chi connectivity index (χ1) is 13.2. The Morgan fingerprint density at radius 1 is 1.19 bits per heavy atom. The molecule has 2 aromatic heterocycles. The van der Waals surface area contributed by atoms with Gasteiger partial charge < -0.3 is 4.52 Å². The molecule has 1 aliphatic heterocycles. The van der Waals surface area contributed by atoms with E-state index in [-0.39, 0.29) is 0 Å². The molecule has 0 saturated carbocycles. The standard InChI is InChI=1S/C21H27N5O/c1-16(2)20-23-21(27-24-20)19-8-4-10-25(15-19)13-17-6-3-7-18(12-17)14-26-11-5-9-22-26/h3,5-7,9,11-12,16,19H,4,8,10,13-15H2,1-2H3/t19-/m1/s1. The predicted octanol–water partition coefficient (Wildman–Crippen LogP) is 3.82. The van der Waals surface area contributed by atoms with E-state index < -0.39 is 0 Å². The molecule has 0 aliphatic carbocycles. The molecule has 0 amide bonds. The van der Waals surface area contributed by atoms with Crippen molar-refractivity contribution < 1.29 is 4.52 Å². The first-order valence-corrected chi connectivity index (χ1v) is 9.78. The molecule has 0 unspecified atom stereocenters. The van der Waals surface area contributed by atoms with Gasteiger partial charge in [0.25, 0.3) is 0 Å². The average molecular weight is 365 g/mol. The summed E-state index contributed by atoms with van der Waals surface area (Å²) in [6.07, 6.45) is 6.10. The van der Waals surface area contributed by atoms with Gasteiger partial charge in [-0.15, -0.1) is 0 Å². The zero-order valence-corrected chi connectivity index (χ0v) is 16.1. The molecule has 1 atom stereocenters. The molecule has 6 heteroatoms. The summed E-state index contributed by atoms with van der Waals surface area (Å²) in [4.78, 5) is 7.12. The second-order valence-corrected chi connectivity index (χ2v) is 7.74. The van der Waals surface area contributed by atoms with Crippen molar-refractivity contribution in [3.05, 3.63) is 65.6 Å². The molecule has 1 aromatic carbocycles. The van der Waals surface area contributed by atoms with E-state index in [0.717, 1.165) is 50.7 Å². The van der Waals surface area contributed by atoms with Crippen LogP contribution in [0.25, 0.3) is 0 Å². The van der Waals surface area contributed by atoms with Crippen LogP contribution in [-0.4, -0.2) is 37.9 Å². The number of likely N-dealkylation sites (tertiary alicyclic amines) is 1. The molecule has 0 N–H and O–H groups in total. The topological polar surface area (TPSA) is 60.0 Å². The summed E-state index contributed by atoms with van der Waals surface area (Å²) in [6.45, 7) is 8.04. The Bertz CT molecular complexity index is 855. The van der Waals surface area contributed by atoms with Crippen molar-refractivity contribution in [2.45, 2.75) is 51.6 Å². The number of hydrogen-bond acceptors (Lipinski definition) is 5.